The Morgan fingerprint density at radius 3 is 2.69 bits per heavy atom. The molecule has 0 radical (unpaired) electrons. The number of anilines is 1. The van der Waals surface area contributed by atoms with Gasteiger partial charge in [-0.2, -0.15) is 0 Å². The first-order chi connectivity index (χ1) is 18.7. The third kappa shape index (κ3) is 6.08. The number of ether oxygens (including phenoxy) is 3. The maximum atomic E-state index is 13.2. The smallest absolute Gasteiger partial charge is 0.293 e. The van der Waals surface area contributed by atoms with E-state index in [1.807, 2.05) is 32.0 Å². The number of thioether (sulfide) groups is 1. The highest BCUT2D eigenvalue weighted by Gasteiger charge is 2.36. The largest absolute Gasteiger partial charge is 0.483 e. The fourth-order valence-electron chi connectivity index (χ4n) is 3.99. The van der Waals surface area contributed by atoms with Crippen LogP contribution in [0.2, 0.25) is 5.02 Å². The third-order valence-corrected chi connectivity index (χ3v) is 7.78. The van der Waals surface area contributed by atoms with Gasteiger partial charge in [0.1, 0.15) is 5.75 Å². The van der Waals surface area contributed by atoms with E-state index in [1.165, 1.54) is 0 Å². The highest BCUT2D eigenvalue weighted by atomic mass is 79.9. The summed E-state index contributed by atoms with van der Waals surface area (Å²) in [5, 5.41) is 2.80. The second kappa shape index (κ2) is 11.3. The average molecular weight is 630 g/mol. The summed E-state index contributed by atoms with van der Waals surface area (Å²) >= 11 is 10.6. The van der Waals surface area contributed by atoms with Gasteiger partial charge in [-0.15, -0.1) is 0 Å². The van der Waals surface area contributed by atoms with E-state index in [0.717, 1.165) is 37.9 Å². The van der Waals surface area contributed by atoms with Crippen molar-refractivity contribution in [2.45, 2.75) is 20.4 Å². The van der Waals surface area contributed by atoms with Crippen molar-refractivity contribution in [2.24, 2.45) is 0 Å². The second-order valence-corrected chi connectivity index (χ2v) is 11.2. The molecule has 39 heavy (non-hydrogen) atoms. The molecule has 0 atom stereocenters. The number of imide groups is 1. The molecule has 11 heteroatoms. The van der Waals surface area contributed by atoms with E-state index >= 15 is 0 Å². The summed E-state index contributed by atoms with van der Waals surface area (Å²) in [6.07, 6.45) is 1.58. The predicted octanol–water partition coefficient (Wildman–Crippen LogP) is 6.70. The van der Waals surface area contributed by atoms with Crippen molar-refractivity contribution in [3.63, 3.8) is 0 Å². The number of fused-ring (bicyclic) bond motifs is 1. The molecule has 1 saturated heterocycles. The molecule has 2 aliphatic rings. The summed E-state index contributed by atoms with van der Waals surface area (Å²) in [6.45, 7) is 3.70. The lowest BCUT2D eigenvalue weighted by Gasteiger charge is -2.14. The van der Waals surface area contributed by atoms with Crippen LogP contribution in [0.15, 0.2) is 57.9 Å². The number of carbonyl (C=O) groups is 3. The highest BCUT2D eigenvalue weighted by molar-refractivity contribution is 9.10. The summed E-state index contributed by atoms with van der Waals surface area (Å²) in [4.78, 5) is 39.9. The fraction of sp³-hybridized carbons (Fsp3) is 0.179. The van der Waals surface area contributed by atoms with Crippen LogP contribution >= 0.6 is 39.3 Å². The summed E-state index contributed by atoms with van der Waals surface area (Å²) in [6, 6.07) is 14.3. The summed E-state index contributed by atoms with van der Waals surface area (Å²) in [5.74, 6) is 0.632. The van der Waals surface area contributed by atoms with Gasteiger partial charge in [-0.1, -0.05) is 39.7 Å². The van der Waals surface area contributed by atoms with E-state index in [-0.39, 0.29) is 30.8 Å². The lowest BCUT2D eigenvalue weighted by Crippen LogP contribution is -2.27. The number of rotatable bonds is 7. The van der Waals surface area contributed by atoms with Crippen LogP contribution in [0.1, 0.15) is 22.3 Å². The molecule has 2 heterocycles. The van der Waals surface area contributed by atoms with E-state index in [2.05, 4.69) is 21.2 Å². The lowest BCUT2D eigenvalue weighted by molar-refractivity contribution is -0.123. The second-order valence-electron chi connectivity index (χ2n) is 8.90. The lowest BCUT2D eigenvalue weighted by atomic mass is 10.1. The molecule has 0 unspecified atom stereocenters. The molecule has 5 rings (SSSR count). The zero-order chi connectivity index (χ0) is 27.7. The van der Waals surface area contributed by atoms with Gasteiger partial charge in [0, 0.05) is 26.8 Å². The number of halogens is 2. The summed E-state index contributed by atoms with van der Waals surface area (Å²) < 4.78 is 17.3. The summed E-state index contributed by atoms with van der Waals surface area (Å²) in [5.41, 5.74) is 3.79. The van der Waals surface area contributed by atoms with Gasteiger partial charge < -0.3 is 19.5 Å². The number of aryl methyl sites for hydroxylation is 2. The van der Waals surface area contributed by atoms with Crippen LogP contribution in [-0.2, 0) is 16.1 Å². The van der Waals surface area contributed by atoms with Crippen molar-refractivity contribution >= 4 is 68.1 Å². The molecule has 3 aromatic rings. The topological polar surface area (TPSA) is 94.2 Å². The Labute approximate surface area is 242 Å². The van der Waals surface area contributed by atoms with E-state index in [9.17, 15) is 14.4 Å². The molecule has 3 aromatic carbocycles. The van der Waals surface area contributed by atoms with E-state index < -0.39 is 11.1 Å². The van der Waals surface area contributed by atoms with Crippen LogP contribution < -0.4 is 19.5 Å². The molecule has 1 N–H and O–H groups in total. The molecule has 0 aromatic heterocycles. The first kappa shape index (κ1) is 27.1. The molecule has 0 bridgehead atoms. The molecule has 0 spiro atoms. The fourth-order valence-corrected chi connectivity index (χ4v) is 5.41. The van der Waals surface area contributed by atoms with Crippen molar-refractivity contribution < 1.29 is 28.6 Å². The molecule has 200 valence electrons. The Bertz CT molecular complexity index is 1540. The van der Waals surface area contributed by atoms with Gasteiger partial charge in [0.15, 0.2) is 18.1 Å². The minimum Gasteiger partial charge on any atom is -0.483 e. The Kier molecular flexibility index (Phi) is 7.88. The molecule has 2 aliphatic heterocycles. The van der Waals surface area contributed by atoms with Crippen molar-refractivity contribution in [1.82, 2.24) is 4.90 Å². The van der Waals surface area contributed by atoms with Gasteiger partial charge in [-0.25, -0.2) is 0 Å². The minimum atomic E-state index is -0.461. The van der Waals surface area contributed by atoms with Crippen LogP contribution in [0.25, 0.3) is 6.08 Å². The predicted molar refractivity (Wildman–Crippen MR) is 153 cm³/mol. The number of hydrogen-bond acceptors (Lipinski definition) is 7. The zero-order valence-electron chi connectivity index (χ0n) is 20.9. The number of benzene rings is 3. The minimum absolute atomic E-state index is 0.0160. The molecule has 0 aliphatic carbocycles. The van der Waals surface area contributed by atoms with Gasteiger partial charge in [0.2, 0.25) is 6.79 Å². The number of hydrogen-bond donors (Lipinski definition) is 1. The quantitative estimate of drug-likeness (QED) is 0.291. The van der Waals surface area contributed by atoms with Crippen LogP contribution in [0.3, 0.4) is 0 Å². The Morgan fingerprint density at radius 1 is 1.13 bits per heavy atom. The normalized spacial score (nSPS) is 15.3. The van der Waals surface area contributed by atoms with Gasteiger partial charge >= 0.3 is 0 Å². The Balaban J connectivity index is 1.31. The van der Waals surface area contributed by atoms with Gasteiger partial charge in [0.05, 0.1) is 11.4 Å². The molecule has 8 nitrogen and oxygen atoms in total. The van der Waals surface area contributed by atoms with Crippen LogP contribution in [0.5, 0.6) is 17.2 Å². The van der Waals surface area contributed by atoms with Crippen molar-refractivity contribution in [3.05, 3.63) is 85.2 Å². The van der Waals surface area contributed by atoms with Crippen molar-refractivity contribution in [3.8, 4) is 17.2 Å². The number of carbonyl (C=O) groups excluding carboxylic acids is 3. The number of nitrogens with zero attached hydrogens (tertiary/aromatic N) is 1. The van der Waals surface area contributed by atoms with Crippen LogP contribution in [0.4, 0.5) is 10.5 Å². The molecular formula is C28H22BrClN2O6S. The molecule has 1 fully saturated rings. The van der Waals surface area contributed by atoms with Crippen LogP contribution in [-0.4, -0.2) is 35.4 Å². The maximum Gasteiger partial charge on any atom is 0.293 e. The maximum absolute atomic E-state index is 13.2. The Hall–Kier alpha value is -3.47. The van der Waals surface area contributed by atoms with Gasteiger partial charge in [-0.3, -0.25) is 19.3 Å². The monoisotopic (exact) mass is 628 g/mol. The average Bonchev–Trinajstić information content (AvgIpc) is 3.45. The highest BCUT2D eigenvalue weighted by Crippen LogP contribution is 2.40. The van der Waals surface area contributed by atoms with Crippen LogP contribution in [0, 0.1) is 13.8 Å². The number of nitrogens with one attached hydrogen (secondary N) is 1. The van der Waals surface area contributed by atoms with E-state index in [4.69, 9.17) is 25.8 Å². The standard InChI is InChI=1S/C28H22BrClN2O6S/c1-15-3-4-16(2)21(7-15)31-26(33)13-36-22-6-5-19(29)8-17(22)10-25-27(34)32(28(35)39-25)12-18-9-23-24(11-20(18)30)38-14-37-23/h3-11H,12-14H2,1-2H3,(H,31,33)/b25-10-. The zero-order valence-corrected chi connectivity index (χ0v) is 24.0. The van der Waals surface area contributed by atoms with Crippen molar-refractivity contribution in [1.29, 1.82) is 0 Å². The first-order valence-electron chi connectivity index (χ1n) is 11.8. The first-order valence-corrected chi connectivity index (χ1v) is 13.8. The van der Waals surface area contributed by atoms with E-state index in [1.54, 1.807) is 36.4 Å². The molecule has 3 amide bonds. The number of amides is 3. The third-order valence-electron chi connectivity index (χ3n) is 6.03. The van der Waals surface area contributed by atoms with Gasteiger partial charge in [-0.05, 0) is 78.7 Å². The van der Waals surface area contributed by atoms with Gasteiger partial charge in [0.25, 0.3) is 17.1 Å². The summed E-state index contributed by atoms with van der Waals surface area (Å²) in [7, 11) is 0. The molecule has 0 saturated carbocycles. The molecular weight excluding hydrogens is 608 g/mol. The van der Waals surface area contributed by atoms with Crippen molar-refractivity contribution in [2.75, 3.05) is 18.7 Å². The SMILES string of the molecule is Cc1ccc(C)c(NC(=O)COc2ccc(Br)cc2/C=C2\SC(=O)N(Cc3cc4c(cc3Cl)OCO4)C2=O)c1. The Morgan fingerprint density at radius 2 is 1.90 bits per heavy atom. The van der Waals surface area contributed by atoms with E-state index in [0.29, 0.717) is 33.4 Å².